The molecule has 132 valence electrons. The fourth-order valence-corrected chi connectivity index (χ4v) is 3.31. The Morgan fingerprint density at radius 1 is 0.714 bits per heavy atom. The van der Waals surface area contributed by atoms with Gasteiger partial charge in [-0.3, -0.25) is 0 Å². The van der Waals surface area contributed by atoms with Gasteiger partial charge in [0.25, 0.3) is 0 Å². The maximum Gasteiger partial charge on any atom is 0.0912 e. The van der Waals surface area contributed by atoms with Crippen molar-refractivity contribution in [2.45, 2.75) is 0 Å². The van der Waals surface area contributed by atoms with Crippen LogP contribution in [0.4, 0.5) is 0 Å². The number of nitriles is 1. The van der Waals surface area contributed by atoms with Gasteiger partial charge in [-0.15, -0.1) is 0 Å². The van der Waals surface area contributed by atoms with Gasteiger partial charge in [0.2, 0.25) is 0 Å². The summed E-state index contributed by atoms with van der Waals surface area (Å²) in [5.41, 5.74) is 8.23. The molecule has 0 atom stereocenters. The standard InChI is InChI=1S/C23H15N5/c24-9-1-2-15-10-22-13-20-6-5-18(26-20)11-16-3-4-17(25-16)12-19-7-8-21(27-19)14-23(15)28-22/h1-8,10-14,26,28H. The molecule has 2 aliphatic rings. The fourth-order valence-electron chi connectivity index (χ4n) is 3.31. The monoisotopic (exact) mass is 361 g/mol. The Kier molecular flexibility index (Phi) is 3.74. The first kappa shape index (κ1) is 16.0. The highest BCUT2D eigenvalue weighted by atomic mass is 14.8. The summed E-state index contributed by atoms with van der Waals surface area (Å²) < 4.78 is 0. The van der Waals surface area contributed by atoms with Crippen molar-refractivity contribution in [3.8, 4) is 6.07 Å². The molecule has 3 aromatic rings. The fraction of sp³-hybridized carbons (Fsp3) is 0. The van der Waals surface area contributed by atoms with Crippen LogP contribution < -0.4 is 0 Å². The third-order valence-corrected chi connectivity index (χ3v) is 4.54. The van der Waals surface area contributed by atoms with Gasteiger partial charge in [0.15, 0.2) is 0 Å². The van der Waals surface area contributed by atoms with Gasteiger partial charge in [-0.25, -0.2) is 9.97 Å². The van der Waals surface area contributed by atoms with E-state index in [0.29, 0.717) is 0 Å². The number of aromatic nitrogens is 4. The lowest BCUT2D eigenvalue weighted by atomic mass is 10.2. The first-order valence-corrected chi connectivity index (χ1v) is 8.90. The summed E-state index contributed by atoms with van der Waals surface area (Å²) in [6.07, 6.45) is 11.2. The smallest absolute Gasteiger partial charge is 0.0912 e. The molecule has 28 heavy (non-hydrogen) atoms. The van der Waals surface area contributed by atoms with Gasteiger partial charge >= 0.3 is 0 Å². The van der Waals surface area contributed by atoms with Crippen LogP contribution in [0.5, 0.6) is 0 Å². The lowest BCUT2D eigenvalue weighted by Gasteiger charge is -1.87. The van der Waals surface area contributed by atoms with Crippen molar-refractivity contribution in [1.29, 1.82) is 5.26 Å². The molecule has 0 aromatic carbocycles. The Morgan fingerprint density at radius 2 is 1.36 bits per heavy atom. The highest BCUT2D eigenvalue weighted by molar-refractivity contribution is 5.81. The Labute approximate surface area is 161 Å². The quantitative estimate of drug-likeness (QED) is 0.403. The molecule has 5 heterocycles. The van der Waals surface area contributed by atoms with Crippen molar-refractivity contribution in [3.05, 3.63) is 76.9 Å². The van der Waals surface area contributed by atoms with E-state index in [1.807, 2.05) is 72.8 Å². The molecule has 5 rings (SSSR count). The molecule has 0 saturated heterocycles. The van der Waals surface area contributed by atoms with Gasteiger partial charge in [-0.2, -0.15) is 5.26 Å². The van der Waals surface area contributed by atoms with Gasteiger partial charge in [-0.05, 0) is 72.8 Å². The average molecular weight is 361 g/mol. The van der Waals surface area contributed by atoms with Crippen molar-refractivity contribution in [2.24, 2.45) is 0 Å². The maximum atomic E-state index is 8.89. The number of H-pyrrole nitrogens is 2. The number of aromatic amines is 2. The van der Waals surface area contributed by atoms with Gasteiger partial charge in [0.05, 0.1) is 28.8 Å². The summed E-state index contributed by atoms with van der Waals surface area (Å²) in [7, 11) is 0. The summed E-state index contributed by atoms with van der Waals surface area (Å²) in [5, 5.41) is 8.89. The van der Waals surface area contributed by atoms with Crippen molar-refractivity contribution >= 4 is 52.4 Å². The van der Waals surface area contributed by atoms with Crippen LogP contribution >= 0.6 is 0 Å². The molecule has 0 amide bonds. The molecule has 3 aromatic heterocycles. The first-order chi connectivity index (χ1) is 13.7. The summed E-state index contributed by atoms with van der Waals surface area (Å²) >= 11 is 0. The third kappa shape index (κ3) is 3.15. The minimum Gasteiger partial charge on any atom is -0.355 e. The number of allylic oxidation sites excluding steroid dienone is 1. The summed E-state index contributed by atoms with van der Waals surface area (Å²) in [4.78, 5) is 16.1. The molecule has 5 nitrogen and oxygen atoms in total. The van der Waals surface area contributed by atoms with Crippen LogP contribution in [-0.2, 0) is 0 Å². The van der Waals surface area contributed by atoms with Gasteiger partial charge in [-0.1, -0.05) is 0 Å². The summed E-state index contributed by atoms with van der Waals surface area (Å²) in [6, 6.07) is 16.1. The van der Waals surface area contributed by atoms with Crippen molar-refractivity contribution in [1.82, 2.24) is 19.9 Å². The second kappa shape index (κ2) is 6.53. The van der Waals surface area contributed by atoms with Crippen molar-refractivity contribution in [3.63, 3.8) is 0 Å². The summed E-state index contributed by atoms with van der Waals surface area (Å²) in [5.74, 6) is 0. The van der Waals surface area contributed by atoms with Crippen molar-refractivity contribution < 1.29 is 0 Å². The molecule has 0 aliphatic carbocycles. The maximum absolute atomic E-state index is 8.89. The van der Waals surface area contributed by atoms with Crippen LogP contribution in [0, 0.1) is 11.3 Å². The number of nitrogens with zero attached hydrogens (tertiary/aromatic N) is 3. The molecule has 0 spiro atoms. The topological polar surface area (TPSA) is 81.2 Å². The van der Waals surface area contributed by atoms with Crippen LogP contribution in [0.3, 0.4) is 0 Å². The second-order valence-corrected chi connectivity index (χ2v) is 6.59. The average Bonchev–Trinajstić information content (AvgIpc) is 3.45. The van der Waals surface area contributed by atoms with E-state index in [0.717, 1.165) is 50.4 Å². The molecular weight excluding hydrogens is 346 g/mol. The van der Waals surface area contributed by atoms with E-state index < -0.39 is 0 Å². The number of nitrogens with one attached hydrogen (secondary N) is 2. The molecule has 2 N–H and O–H groups in total. The van der Waals surface area contributed by atoms with Gasteiger partial charge in [0, 0.05) is 33.7 Å². The van der Waals surface area contributed by atoms with E-state index in [1.54, 1.807) is 6.08 Å². The van der Waals surface area contributed by atoms with Crippen LogP contribution in [0.1, 0.15) is 28.3 Å². The first-order valence-electron chi connectivity index (χ1n) is 8.90. The number of hydrogen-bond donors (Lipinski definition) is 2. The predicted molar refractivity (Wildman–Crippen MR) is 114 cm³/mol. The van der Waals surface area contributed by atoms with Crippen LogP contribution in [0.15, 0.2) is 48.5 Å². The van der Waals surface area contributed by atoms with E-state index in [9.17, 15) is 0 Å². The molecule has 5 heteroatoms. The summed E-state index contributed by atoms with van der Waals surface area (Å²) in [6.45, 7) is 0. The lowest BCUT2D eigenvalue weighted by Crippen LogP contribution is -1.77. The Morgan fingerprint density at radius 3 is 2.07 bits per heavy atom. The minimum absolute atomic E-state index is 0.846. The lowest BCUT2D eigenvalue weighted by molar-refractivity contribution is 1.28. The van der Waals surface area contributed by atoms with Crippen molar-refractivity contribution in [2.75, 3.05) is 0 Å². The van der Waals surface area contributed by atoms with Gasteiger partial charge < -0.3 is 9.97 Å². The van der Waals surface area contributed by atoms with E-state index in [2.05, 4.69) is 19.9 Å². The zero-order valence-corrected chi connectivity index (χ0v) is 14.8. The zero-order valence-electron chi connectivity index (χ0n) is 14.8. The molecule has 8 bridgehead atoms. The molecule has 2 aliphatic heterocycles. The minimum atomic E-state index is 0.846. The van der Waals surface area contributed by atoms with E-state index in [1.165, 1.54) is 6.08 Å². The molecule has 0 fully saturated rings. The van der Waals surface area contributed by atoms with E-state index in [4.69, 9.17) is 5.26 Å². The van der Waals surface area contributed by atoms with Crippen LogP contribution in [-0.4, -0.2) is 19.9 Å². The highest BCUT2D eigenvalue weighted by Gasteiger charge is 2.04. The largest absolute Gasteiger partial charge is 0.355 e. The van der Waals surface area contributed by atoms with Gasteiger partial charge in [0.1, 0.15) is 0 Å². The third-order valence-electron chi connectivity index (χ3n) is 4.54. The normalized spacial score (nSPS) is 12.5. The van der Waals surface area contributed by atoms with Crippen LogP contribution in [0.25, 0.3) is 52.4 Å². The molecule has 0 unspecified atom stereocenters. The number of rotatable bonds is 1. The molecular formula is C23H15N5. The second-order valence-electron chi connectivity index (χ2n) is 6.59. The van der Waals surface area contributed by atoms with E-state index in [-0.39, 0.29) is 0 Å². The van der Waals surface area contributed by atoms with E-state index >= 15 is 0 Å². The Hall–Kier alpha value is -4.17. The zero-order chi connectivity index (χ0) is 18.9. The molecule has 0 radical (unpaired) electrons. The number of fused-ring (bicyclic) bond motifs is 8. The SMILES string of the molecule is N#CC=Cc1cc2cc3ccc(cc4nc(cc5nc(cc1[nH]2)C=C5)C=C4)[nH]3. The highest BCUT2D eigenvalue weighted by Crippen LogP contribution is 2.20. The Bertz CT molecular complexity index is 1370. The Balaban J connectivity index is 1.84. The predicted octanol–water partition coefficient (Wildman–Crippen LogP) is 5.19. The van der Waals surface area contributed by atoms with Crippen LogP contribution in [0.2, 0.25) is 0 Å². The number of hydrogen-bond acceptors (Lipinski definition) is 3. The molecule has 0 saturated carbocycles.